The van der Waals surface area contributed by atoms with E-state index >= 15 is 0 Å². The molecule has 2 amide bonds. The molecule has 0 spiro atoms. The first-order chi connectivity index (χ1) is 14.1. The Labute approximate surface area is 172 Å². The fraction of sp³-hybridized carbons (Fsp3) is 0.100. The van der Waals surface area contributed by atoms with Crippen molar-refractivity contribution >= 4 is 47.4 Å². The number of aromatic nitrogens is 2. The van der Waals surface area contributed by atoms with Crippen molar-refractivity contribution in [3.8, 4) is 5.75 Å². The van der Waals surface area contributed by atoms with Crippen molar-refractivity contribution in [2.75, 3.05) is 16.0 Å². The van der Waals surface area contributed by atoms with Crippen LogP contribution in [-0.4, -0.2) is 22.8 Å². The Kier molecular flexibility index (Phi) is 6.59. The van der Waals surface area contributed by atoms with Crippen LogP contribution in [0, 0.1) is 6.92 Å². The van der Waals surface area contributed by atoms with Gasteiger partial charge >= 0.3 is 0 Å². The monoisotopic (exact) mass is 411 g/mol. The van der Waals surface area contributed by atoms with Gasteiger partial charge in [-0.25, -0.2) is 9.97 Å². The van der Waals surface area contributed by atoms with Crippen LogP contribution in [0.1, 0.15) is 11.1 Å². The Bertz CT molecular complexity index is 1010. The van der Waals surface area contributed by atoms with Gasteiger partial charge in [0.2, 0.25) is 18.8 Å². The number of anilines is 4. The van der Waals surface area contributed by atoms with Crippen LogP contribution >= 0.6 is 11.6 Å². The van der Waals surface area contributed by atoms with Gasteiger partial charge in [-0.2, -0.15) is 0 Å². The summed E-state index contributed by atoms with van der Waals surface area (Å²) < 4.78 is 5.69. The van der Waals surface area contributed by atoms with Gasteiger partial charge in [0.1, 0.15) is 6.61 Å². The number of hydrogen-bond donors (Lipinski definition) is 3. The third-order valence-corrected chi connectivity index (χ3v) is 4.39. The second-order valence-electron chi connectivity index (χ2n) is 5.98. The summed E-state index contributed by atoms with van der Waals surface area (Å²) in [7, 11) is 0. The minimum absolute atomic E-state index is 0.189. The molecule has 9 heteroatoms. The molecule has 0 unspecified atom stereocenters. The van der Waals surface area contributed by atoms with Crippen LogP contribution in [0.2, 0.25) is 5.02 Å². The highest BCUT2D eigenvalue weighted by Gasteiger charge is 2.08. The lowest BCUT2D eigenvalue weighted by Gasteiger charge is -2.13. The highest BCUT2D eigenvalue weighted by molar-refractivity contribution is 6.31. The summed E-state index contributed by atoms with van der Waals surface area (Å²) in [5.74, 6) is 0.812. The van der Waals surface area contributed by atoms with E-state index in [1.807, 2.05) is 19.1 Å². The third-order valence-electron chi connectivity index (χ3n) is 4.02. The maximum Gasteiger partial charge on any atom is 0.227 e. The normalized spacial score (nSPS) is 10.1. The van der Waals surface area contributed by atoms with Crippen LogP contribution in [0.25, 0.3) is 0 Å². The van der Waals surface area contributed by atoms with Gasteiger partial charge in [-0.05, 0) is 36.8 Å². The van der Waals surface area contributed by atoms with E-state index in [1.165, 1.54) is 12.4 Å². The Balaban J connectivity index is 1.68. The number of benzene rings is 2. The van der Waals surface area contributed by atoms with E-state index in [1.54, 1.807) is 24.3 Å². The van der Waals surface area contributed by atoms with E-state index in [4.69, 9.17) is 16.3 Å². The molecular weight excluding hydrogens is 394 g/mol. The number of hydrogen-bond acceptors (Lipinski definition) is 6. The average molecular weight is 412 g/mol. The van der Waals surface area contributed by atoms with E-state index in [9.17, 15) is 9.59 Å². The fourth-order valence-corrected chi connectivity index (χ4v) is 2.76. The number of ether oxygens (including phenoxy) is 1. The number of carbonyl (C=O) groups excluding carboxylic acids is 2. The molecule has 1 heterocycles. The minimum atomic E-state index is 0.189. The summed E-state index contributed by atoms with van der Waals surface area (Å²) in [4.78, 5) is 29.8. The number of amides is 2. The number of aryl methyl sites for hydroxylation is 1. The van der Waals surface area contributed by atoms with E-state index in [0.717, 1.165) is 5.56 Å². The molecule has 29 heavy (non-hydrogen) atoms. The first-order valence-electron chi connectivity index (χ1n) is 8.61. The SMILES string of the molecule is Cc1cccc(NC=O)c1Nc1ncc(OCc2cc(NC=O)ccc2Cl)cn1. The van der Waals surface area contributed by atoms with Crippen molar-refractivity contribution in [1.82, 2.24) is 9.97 Å². The Hall–Kier alpha value is -3.65. The zero-order valence-electron chi connectivity index (χ0n) is 15.5. The van der Waals surface area contributed by atoms with Gasteiger partial charge in [0.25, 0.3) is 0 Å². The van der Waals surface area contributed by atoms with Gasteiger partial charge in [0.05, 0.1) is 23.8 Å². The van der Waals surface area contributed by atoms with Crippen molar-refractivity contribution in [2.45, 2.75) is 13.5 Å². The lowest BCUT2D eigenvalue weighted by Crippen LogP contribution is -2.04. The predicted molar refractivity (Wildman–Crippen MR) is 112 cm³/mol. The smallest absolute Gasteiger partial charge is 0.227 e. The first kappa shape index (κ1) is 20.1. The zero-order chi connectivity index (χ0) is 20.6. The van der Waals surface area contributed by atoms with Gasteiger partial charge in [-0.15, -0.1) is 0 Å². The molecule has 0 aliphatic carbocycles. The average Bonchev–Trinajstić information content (AvgIpc) is 2.72. The summed E-state index contributed by atoms with van der Waals surface area (Å²) in [5.41, 5.74) is 3.60. The second kappa shape index (κ2) is 9.52. The van der Waals surface area contributed by atoms with Crippen LogP contribution in [0.5, 0.6) is 5.75 Å². The first-order valence-corrected chi connectivity index (χ1v) is 8.99. The van der Waals surface area contributed by atoms with E-state index in [2.05, 4.69) is 25.9 Å². The van der Waals surface area contributed by atoms with Gasteiger partial charge in [0, 0.05) is 16.3 Å². The van der Waals surface area contributed by atoms with Crippen molar-refractivity contribution in [3.63, 3.8) is 0 Å². The highest BCUT2D eigenvalue weighted by atomic mass is 35.5. The third kappa shape index (κ3) is 5.20. The molecule has 0 aliphatic rings. The van der Waals surface area contributed by atoms with E-state index in [-0.39, 0.29) is 6.61 Å². The van der Waals surface area contributed by atoms with E-state index < -0.39 is 0 Å². The predicted octanol–water partition coefficient (Wildman–Crippen LogP) is 3.90. The van der Waals surface area contributed by atoms with Crippen LogP contribution in [-0.2, 0) is 16.2 Å². The number of rotatable bonds is 9. The number of para-hydroxylation sites is 1. The Morgan fingerprint density at radius 3 is 2.55 bits per heavy atom. The standard InChI is InChI=1S/C20H18ClN5O3/c1-13-3-2-4-18(25-12-28)19(13)26-20-22-8-16(9-23-20)29-10-14-7-15(24-11-27)5-6-17(14)21/h2-9,11-12H,10H2,1H3,(H,24,27)(H,25,28)(H,22,23,26). The molecule has 0 aliphatic heterocycles. The molecule has 148 valence electrons. The molecule has 8 nitrogen and oxygen atoms in total. The number of nitrogens with zero attached hydrogens (tertiary/aromatic N) is 2. The maximum atomic E-state index is 10.8. The summed E-state index contributed by atoms with van der Waals surface area (Å²) >= 11 is 6.17. The van der Waals surface area contributed by atoms with Crippen LogP contribution < -0.4 is 20.7 Å². The van der Waals surface area contributed by atoms with Crippen molar-refractivity contribution in [2.24, 2.45) is 0 Å². The van der Waals surface area contributed by atoms with E-state index in [0.29, 0.717) is 52.2 Å². The zero-order valence-corrected chi connectivity index (χ0v) is 16.2. The quantitative estimate of drug-likeness (QED) is 0.461. The summed E-state index contributed by atoms with van der Waals surface area (Å²) in [6.45, 7) is 2.10. The number of halogens is 1. The molecule has 0 atom stereocenters. The number of carbonyl (C=O) groups is 2. The van der Waals surface area contributed by atoms with Crippen LogP contribution in [0.3, 0.4) is 0 Å². The molecule has 1 aromatic heterocycles. The van der Waals surface area contributed by atoms with Crippen LogP contribution in [0.15, 0.2) is 48.8 Å². The highest BCUT2D eigenvalue weighted by Crippen LogP contribution is 2.28. The second-order valence-corrected chi connectivity index (χ2v) is 6.39. The van der Waals surface area contributed by atoms with Crippen molar-refractivity contribution < 1.29 is 14.3 Å². The Morgan fingerprint density at radius 1 is 1.07 bits per heavy atom. The summed E-state index contributed by atoms with van der Waals surface area (Å²) in [6.07, 6.45) is 4.27. The molecule has 0 fully saturated rings. The molecule has 2 aromatic carbocycles. The van der Waals surface area contributed by atoms with Crippen molar-refractivity contribution in [3.05, 3.63) is 64.9 Å². The van der Waals surface area contributed by atoms with Gasteiger partial charge in [-0.3, -0.25) is 9.59 Å². The van der Waals surface area contributed by atoms with Crippen molar-refractivity contribution in [1.29, 1.82) is 0 Å². The fourth-order valence-electron chi connectivity index (χ4n) is 2.59. The lowest BCUT2D eigenvalue weighted by atomic mass is 10.1. The molecule has 0 saturated heterocycles. The minimum Gasteiger partial charge on any atom is -0.486 e. The molecule has 0 radical (unpaired) electrons. The van der Waals surface area contributed by atoms with Gasteiger partial charge in [-0.1, -0.05) is 23.7 Å². The largest absolute Gasteiger partial charge is 0.486 e. The molecule has 3 rings (SSSR count). The molecule has 0 bridgehead atoms. The molecule has 0 saturated carbocycles. The topological polar surface area (TPSA) is 105 Å². The summed E-state index contributed by atoms with van der Waals surface area (Å²) in [5, 5.41) is 8.83. The molecular formula is C20H18ClN5O3. The Morgan fingerprint density at radius 2 is 1.83 bits per heavy atom. The summed E-state index contributed by atoms with van der Waals surface area (Å²) in [6, 6.07) is 10.6. The van der Waals surface area contributed by atoms with Gasteiger partial charge in [0.15, 0.2) is 5.75 Å². The van der Waals surface area contributed by atoms with Crippen LogP contribution in [0.4, 0.5) is 23.0 Å². The molecule has 3 aromatic rings. The lowest BCUT2D eigenvalue weighted by molar-refractivity contribution is -0.106. The number of nitrogens with one attached hydrogen (secondary N) is 3. The molecule has 3 N–H and O–H groups in total. The van der Waals surface area contributed by atoms with Gasteiger partial charge < -0.3 is 20.7 Å². The maximum absolute atomic E-state index is 10.8.